The fourth-order valence-electron chi connectivity index (χ4n) is 3.42. The van der Waals surface area contributed by atoms with Gasteiger partial charge in [-0.05, 0) is 37.5 Å². The van der Waals surface area contributed by atoms with Crippen LogP contribution in [0, 0.1) is 11.6 Å². The summed E-state index contributed by atoms with van der Waals surface area (Å²) in [6.45, 7) is 0.539. The van der Waals surface area contributed by atoms with E-state index in [1.54, 1.807) is 36.2 Å². The van der Waals surface area contributed by atoms with Crippen LogP contribution in [0.4, 0.5) is 8.78 Å². The van der Waals surface area contributed by atoms with Crippen LogP contribution in [0.15, 0.2) is 48.5 Å². The molecule has 1 heterocycles. The maximum Gasteiger partial charge on any atom is 0.254 e. The molecule has 0 spiro atoms. The SMILES string of the molecule is CN(Cc1ccc(F)cc1F)C(=O)C1CCCCN1C(=O)c1ccccc1. The van der Waals surface area contributed by atoms with Crippen LogP contribution in [-0.4, -0.2) is 41.2 Å². The second-order valence-electron chi connectivity index (χ2n) is 6.81. The fraction of sp³-hybridized carbons (Fsp3) is 0.333. The van der Waals surface area contributed by atoms with Crippen molar-refractivity contribution in [3.8, 4) is 0 Å². The summed E-state index contributed by atoms with van der Waals surface area (Å²) in [5, 5.41) is 0. The molecule has 2 aromatic rings. The van der Waals surface area contributed by atoms with Gasteiger partial charge in [0.1, 0.15) is 17.7 Å². The molecular weight excluding hydrogens is 350 g/mol. The summed E-state index contributed by atoms with van der Waals surface area (Å²) >= 11 is 0. The third-order valence-electron chi connectivity index (χ3n) is 4.87. The molecule has 1 aliphatic heterocycles. The molecule has 0 aromatic heterocycles. The Balaban J connectivity index is 1.75. The summed E-state index contributed by atoms with van der Waals surface area (Å²) in [7, 11) is 1.57. The molecule has 1 atom stereocenters. The van der Waals surface area contributed by atoms with Crippen molar-refractivity contribution in [1.82, 2.24) is 9.80 Å². The number of amides is 2. The molecule has 2 aromatic carbocycles. The summed E-state index contributed by atoms with van der Waals surface area (Å²) < 4.78 is 27.0. The van der Waals surface area contributed by atoms with E-state index in [-0.39, 0.29) is 23.9 Å². The molecule has 6 heteroatoms. The largest absolute Gasteiger partial charge is 0.340 e. The predicted octanol–water partition coefficient (Wildman–Crippen LogP) is 3.62. The highest BCUT2D eigenvalue weighted by atomic mass is 19.1. The van der Waals surface area contributed by atoms with Crippen molar-refractivity contribution in [3.05, 3.63) is 71.3 Å². The van der Waals surface area contributed by atoms with Gasteiger partial charge in [0.15, 0.2) is 0 Å². The van der Waals surface area contributed by atoms with E-state index < -0.39 is 17.7 Å². The van der Waals surface area contributed by atoms with Gasteiger partial charge < -0.3 is 9.80 Å². The number of piperidine rings is 1. The lowest BCUT2D eigenvalue weighted by Crippen LogP contribution is -2.52. The zero-order valence-corrected chi connectivity index (χ0v) is 15.2. The summed E-state index contributed by atoms with van der Waals surface area (Å²) in [5.74, 6) is -1.75. The van der Waals surface area contributed by atoms with Gasteiger partial charge in [-0.1, -0.05) is 24.3 Å². The van der Waals surface area contributed by atoms with Crippen LogP contribution in [0.2, 0.25) is 0 Å². The second-order valence-corrected chi connectivity index (χ2v) is 6.81. The van der Waals surface area contributed by atoms with Crippen molar-refractivity contribution in [3.63, 3.8) is 0 Å². The summed E-state index contributed by atoms with van der Waals surface area (Å²) in [6.07, 6.45) is 2.28. The molecule has 0 aliphatic carbocycles. The Bertz CT molecular complexity index is 826. The molecule has 142 valence electrons. The van der Waals surface area contributed by atoms with Gasteiger partial charge in [-0.3, -0.25) is 9.59 Å². The quantitative estimate of drug-likeness (QED) is 0.823. The van der Waals surface area contributed by atoms with Crippen molar-refractivity contribution < 1.29 is 18.4 Å². The molecule has 1 fully saturated rings. The van der Waals surface area contributed by atoms with E-state index in [2.05, 4.69) is 0 Å². The van der Waals surface area contributed by atoms with Crippen LogP contribution in [0.1, 0.15) is 35.2 Å². The molecule has 1 aliphatic rings. The lowest BCUT2D eigenvalue weighted by Gasteiger charge is -2.37. The zero-order valence-electron chi connectivity index (χ0n) is 15.2. The molecule has 3 rings (SSSR count). The molecule has 0 N–H and O–H groups in total. The van der Waals surface area contributed by atoms with Crippen LogP contribution >= 0.6 is 0 Å². The third-order valence-corrected chi connectivity index (χ3v) is 4.87. The van der Waals surface area contributed by atoms with Gasteiger partial charge in [0.05, 0.1) is 0 Å². The first kappa shape index (κ1) is 19.0. The van der Waals surface area contributed by atoms with Crippen molar-refractivity contribution in [2.45, 2.75) is 31.8 Å². The van der Waals surface area contributed by atoms with Gasteiger partial charge in [-0.25, -0.2) is 8.78 Å². The Kier molecular flexibility index (Phi) is 5.84. The summed E-state index contributed by atoms with van der Waals surface area (Å²) in [5.41, 5.74) is 0.786. The van der Waals surface area contributed by atoms with E-state index >= 15 is 0 Å². The van der Waals surface area contributed by atoms with E-state index in [1.807, 2.05) is 6.07 Å². The number of hydrogen-bond donors (Lipinski definition) is 0. The van der Waals surface area contributed by atoms with E-state index in [9.17, 15) is 18.4 Å². The lowest BCUT2D eigenvalue weighted by atomic mass is 9.99. The zero-order chi connectivity index (χ0) is 19.4. The van der Waals surface area contributed by atoms with Gasteiger partial charge >= 0.3 is 0 Å². The maximum atomic E-state index is 13.9. The van der Waals surface area contributed by atoms with Crippen LogP contribution in [0.25, 0.3) is 0 Å². The topological polar surface area (TPSA) is 40.6 Å². The Labute approximate surface area is 157 Å². The van der Waals surface area contributed by atoms with Crippen molar-refractivity contribution in [2.75, 3.05) is 13.6 Å². The summed E-state index contributed by atoms with van der Waals surface area (Å²) in [4.78, 5) is 28.8. The lowest BCUT2D eigenvalue weighted by molar-refractivity contribution is -0.136. The van der Waals surface area contributed by atoms with E-state index in [0.29, 0.717) is 18.5 Å². The van der Waals surface area contributed by atoms with Gasteiger partial charge in [0.25, 0.3) is 5.91 Å². The average Bonchev–Trinajstić information content (AvgIpc) is 2.69. The predicted molar refractivity (Wildman–Crippen MR) is 97.9 cm³/mol. The standard InChI is InChI=1S/C21H22F2N2O2/c1-24(14-16-10-11-17(22)13-18(16)23)21(27)19-9-5-6-12-25(19)20(26)15-7-3-2-4-8-15/h2-4,7-8,10-11,13,19H,5-6,9,12,14H2,1H3. The molecule has 1 unspecified atom stereocenters. The summed E-state index contributed by atoms with van der Waals surface area (Å²) in [6, 6.07) is 11.6. The van der Waals surface area contributed by atoms with Crippen molar-refractivity contribution in [2.24, 2.45) is 0 Å². The van der Waals surface area contributed by atoms with Gasteiger partial charge in [0.2, 0.25) is 5.91 Å². The first-order valence-corrected chi connectivity index (χ1v) is 9.02. The number of rotatable bonds is 4. The number of carbonyl (C=O) groups is 2. The van der Waals surface area contributed by atoms with Crippen LogP contribution < -0.4 is 0 Å². The number of hydrogen-bond acceptors (Lipinski definition) is 2. The minimum absolute atomic E-state index is 0.0226. The number of halogens is 2. The highest BCUT2D eigenvalue weighted by molar-refractivity contribution is 5.97. The second kappa shape index (κ2) is 8.29. The van der Waals surface area contributed by atoms with Crippen LogP contribution in [0.3, 0.4) is 0 Å². The number of carbonyl (C=O) groups excluding carboxylic acids is 2. The third kappa shape index (κ3) is 4.32. The smallest absolute Gasteiger partial charge is 0.254 e. The first-order valence-electron chi connectivity index (χ1n) is 9.02. The van der Waals surface area contributed by atoms with E-state index in [0.717, 1.165) is 18.9 Å². The molecule has 0 radical (unpaired) electrons. The number of nitrogens with zero attached hydrogens (tertiary/aromatic N) is 2. The average molecular weight is 372 g/mol. The Morgan fingerprint density at radius 1 is 1.11 bits per heavy atom. The van der Waals surface area contributed by atoms with E-state index in [1.165, 1.54) is 17.0 Å². The number of benzene rings is 2. The highest BCUT2D eigenvalue weighted by Gasteiger charge is 2.34. The minimum Gasteiger partial charge on any atom is -0.340 e. The Morgan fingerprint density at radius 3 is 2.56 bits per heavy atom. The van der Waals surface area contributed by atoms with Gasteiger partial charge in [0, 0.05) is 37.3 Å². The molecule has 0 saturated carbocycles. The van der Waals surface area contributed by atoms with Crippen LogP contribution in [0.5, 0.6) is 0 Å². The van der Waals surface area contributed by atoms with Gasteiger partial charge in [-0.2, -0.15) is 0 Å². The maximum absolute atomic E-state index is 13.9. The number of likely N-dealkylation sites (tertiary alicyclic amines) is 1. The molecule has 4 nitrogen and oxygen atoms in total. The Morgan fingerprint density at radius 2 is 1.85 bits per heavy atom. The molecule has 1 saturated heterocycles. The molecule has 0 bridgehead atoms. The minimum atomic E-state index is -0.685. The first-order chi connectivity index (χ1) is 13.0. The fourth-order valence-corrected chi connectivity index (χ4v) is 3.42. The van der Waals surface area contributed by atoms with Crippen molar-refractivity contribution >= 4 is 11.8 Å². The van der Waals surface area contributed by atoms with Crippen molar-refractivity contribution in [1.29, 1.82) is 0 Å². The monoisotopic (exact) mass is 372 g/mol. The molecule has 2 amide bonds. The van der Waals surface area contributed by atoms with Crippen LogP contribution in [-0.2, 0) is 11.3 Å². The number of likely N-dealkylation sites (N-methyl/N-ethyl adjacent to an activating group) is 1. The molecular formula is C21H22F2N2O2. The van der Waals surface area contributed by atoms with E-state index in [4.69, 9.17) is 0 Å². The molecule has 27 heavy (non-hydrogen) atoms. The van der Waals surface area contributed by atoms with Gasteiger partial charge in [-0.15, -0.1) is 0 Å². The highest BCUT2D eigenvalue weighted by Crippen LogP contribution is 2.22. The normalized spacial score (nSPS) is 16.9. The Hall–Kier alpha value is -2.76.